The molecule has 152 valence electrons. The number of hydrogen-bond acceptors (Lipinski definition) is 4. The van der Waals surface area contributed by atoms with Gasteiger partial charge in [0.25, 0.3) is 0 Å². The van der Waals surface area contributed by atoms with Crippen LogP contribution in [0.3, 0.4) is 0 Å². The summed E-state index contributed by atoms with van der Waals surface area (Å²) in [5.74, 6) is -0.194. The third-order valence-corrected chi connectivity index (χ3v) is 5.04. The number of anilines is 2. The van der Waals surface area contributed by atoms with E-state index in [1.165, 1.54) is 5.56 Å². The van der Waals surface area contributed by atoms with Gasteiger partial charge in [0, 0.05) is 18.9 Å². The van der Waals surface area contributed by atoms with Crippen LogP contribution in [0.5, 0.6) is 5.88 Å². The van der Waals surface area contributed by atoms with Crippen LogP contribution < -0.4 is 9.64 Å². The SMILES string of the molecule is CCCc1ccc(N(C)c2ncc(C(F)(F)F)c(OC3CCCCC3)n2)cc1. The number of aromatic nitrogens is 2. The summed E-state index contributed by atoms with van der Waals surface area (Å²) in [6.07, 6.45) is 2.62. The number of ether oxygens (including phenoxy) is 1. The van der Waals surface area contributed by atoms with Gasteiger partial charge in [0.15, 0.2) is 0 Å². The lowest BCUT2D eigenvalue weighted by Crippen LogP contribution is -2.23. The minimum atomic E-state index is -4.55. The molecule has 0 radical (unpaired) electrons. The van der Waals surface area contributed by atoms with Crippen LogP contribution in [-0.2, 0) is 12.6 Å². The van der Waals surface area contributed by atoms with E-state index in [0.717, 1.165) is 56.8 Å². The van der Waals surface area contributed by atoms with Crippen molar-refractivity contribution in [3.8, 4) is 5.88 Å². The molecule has 1 heterocycles. The molecular formula is C21H26F3N3O. The second-order valence-electron chi connectivity index (χ2n) is 7.24. The van der Waals surface area contributed by atoms with Crippen LogP contribution in [0.2, 0.25) is 0 Å². The van der Waals surface area contributed by atoms with Gasteiger partial charge in [-0.2, -0.15) is 18.2 Å². The summed E-state index contributed by atoms with van der Waals surface area (Å²) in [5.41, 5.74) is 1.10. The van der Waals surface area contributed by atoms with E-state index in [4.69, 9.17) is 4.74 Å². The highest BCUT2D eigenvalue weighted by molar-refractivity contribution is 5.57. The van der Waals surface area contributed by atoms with Crippen molar-refractivity contribution in [1.82, 2.24) is 9.97 Å². The Morgan fingerprint density at radius 2 is 1.79 bits per heavy atom. The Labute approximate surface area is 163 Å². The second kappa shape index (κ2) is 8.80. The van der Waals surface area contributed by atoms with E-state index >= 15 is 0 Å². The molecule has 7 heteroatoms. The van der Waals surface area contributed by atoms with E-state index in [0.29, 0.717) is 0 Å². The van der Waals surface area contributed by atoms with Crippen LogP contribution >= 0.6 is 0 Å². The van der Waals surface area contributed by atoms with Crippen molar-refractivity contribution in [3.63, 3.8) is 0 Å². The van der Waals surface area contributed by atoms with Crippen LogP contribution in [0.1, 0.15) is 56.6 Å². The first-order valence-electron chi connectivity index (χ1n) is 9.82. The molecule has 0 N–H and O–H groups in total. The zero-order valence-corrected chi connectivity index (χ0v) is 16.3. The summed E-state index contributed by atoms with van der Waals surface area (Å²) in [4.78, 5) is 9.76. The summed E-state index contributed by atoms with van der Waals surface area (Å²) in [5, 5.41) is 0. The molecule has 3 rings (SSSR count). The first kappa shape index (κ1) is 20.4. The first-order chi connectivity index (χ1) is 13.4. The fourth-order valence-electron chi connectivity index (χ4n) is 3.43. The molecule has 0 unspecified atom stereocenters. The zero-order chi connectivity index (χ0) is 20.1. The Hall–Kier alpha value is -2.31. The molecule has 1 aromatic carbocycles. The molecular weight excluding hydrogens is 367 g/mol. The molecule has 2 aromatic rings. The molecule has 0 spiro atoms. The van der Waals surface area contributed by atoms with Gasteiger partial charge in [0.05, 0.1) is 0 Å². The summed E-state index contributed by atoms with van der Waals surface area (Å²) in [7, 11) is 1.74. The Balaban J connectivity index is 1.87. The lowest BCUT2D eigenvalue weighted by molar-refractivity contribution is -0.140. The van der Waals surface area contributed by atoms with Gasteiger partial charge in [-0.25, -0.2) is 4.98 Å². The summed E-state index contributed by atoms with van der Waals surface area (Å²) < 4.78 is 45.9. The second-order valence-corrected chi connectivity index (χ2v) is 7.24. The van der Waals surface area contributed by atoms with Crippen LogP contribution in [0.4, 0.5) is 24.8 Å². The number of nitrogens with zero attached hydrogens (tertiary/aromatic N) is 3. The maximum Gasteiger partial charge on any atom is 0.423 e. The molecule has 1 fully saturated rings. The van der Waals surface area contributed by atoms with Crippen molar-refractivity contribution in [3.05, 3.63) is 41.6 Å². The standard InChI is InChI=1S/C21H26F3N3O/c1-3-7-15-10-12-16(13-11-15)27(2)20-25-14-18(21(22,23)24)19(26-20)28-17-8-5-4-6-9-17/h10-14,17H,3-9H2,1-2H3. The maximum atomic E-state index is 13.4. The summed E-state index contributed by atoms with van der Waals surface area (Å²) in [6.45, 7) is 2.12. The number of alkyl halides is 3. The predicted molar refractivity (Wildman–Crippen MR) is 103 cm³/mol. The van der Waals surface area contributed by atoms with Crippen LogP contribution in [0.15, 0.2) is 30.5 Å². The molecule has 4 nitrogen and oxygen atoms in total. The van der Waals surface area contributed by atoms with Crippen molar-refractivity contribution in [2.45, 2.75) is 64.1 Å². The molecule has 1 aromatic heterocycles. The normalized spacial score (nSPS) is 15.5. The van der Waals surface area contributed by atoms with Gasteiger partial charge in [0.1, 0.15) is 11.7 Å². The number of hydrogen-bond donors (Lipinski definition) is 0. The Kier molecular flexibility index (Phi) is 6.42. The lowest BCUT2D eigenvalue weighted by Gasteiger charge is -2.25. The largest absolute Gasteiger partial charge is 0.474 e. The third kappa shape index (κ3) is 4.94. The molecule has 1 aliphatic carbocycles. The van der Waals surface area contributed by atoms with Crippen molar-refractivity contribution in [2.75, 3.05) is 11.9 Å². The van der Waals surface area contributed by atoms with Gasteiger partial charge >= 0.3 is 6.18 Å². The lowest BCUT2D eigenvalue weighted by atomic mass is 9.98. The fourth-order valence-corrected chi connectivity index (χ4v) is 3.43. The molecule has 1 saturated carbocycles. The van der Waals surface area contributed by atoms with Crippen molar-refractivity contribution in [1.29, 1.82) is 0 Å². The van der Waals surface area contributed by atoms with Gasteiger partial charge in [-0.3, -0.25) is 0 Å². The molecule has 0 atom stereocenters. The molecule has 1 aliphatic rings. The van der Waals surface area contributed by atoms with E-state index < -0.39 is 11.7 Å². The smallest absolute Gasteiger partial charge is 0.423 e. The van der Waals surface area contributed by atoms with Crippen molar-refractivity contribution >= 4 is 11.6 Å². The molecule has 0 bridgehead atoms. The Morgan fingerprint density at radius 1 is 1.11 bits per heavy atom. The first-order valence-corrected chi connectivity index (χ1v) is 9.82. The molecule has 28 heavy (non-hydrogen) atoms. The van der Waals surface area contributed by atoms with Gasteiger partial charge in [0.2, 0.25) is 11.8 Å². The average Bonchev–Trinajstić information content (AvgIpc) is 2.68. The maximum absolute atomic E-state index is 13.4. The number of benzene rings is 1. The van der Waals surface area contributed by atoms with E-state index in [2.05, 4.69) is 16.9 Å². The van der Waals surface area contributed by atoms with Crippen molar-refractivity contribution in [2.24, 2.45) is 0 Å². The van der Waals surface area contributed by atoms with Crippen LogP contribution in [0, 0.1) is 0 Å². The summed E-state index contributed by atoms with van der Waals surface area (Å²) in [6, 6.07) is 7.87. The van der Waals surface area contributed by atoms with Gasteiger partial charge in [-0.05, 0) is 49.8 Å². The third-order valence-electron chi connectivity index (χ3n) is 5.04. The van der Waals surface area contributed by atoms with E-state index in [-0.39, 0.29) is 17.9 Å². The van der Waals surface area contributed by atoms with Crippen LogP contribution in [-0.4, -0.2) is 23.1 Å². The molecule has 0 saturated heterocycles. The number of rotatable bonds is 6. The monoisotopic (exact) mass is 393 g/mol. The number of halogens is 3. The van der Waals surface area contributed by atoms with E-state index in [9.17, 15) is 13.2 Å². The highest BCUT2D eigenvalue weighted by Crippen LogP contribution is 2.37. The van der Waals surface area contributed by atoms with Gasteiger partial charge in [-0.1, -0.05) is 31.9 Å². The van der Waals surface area contributed by atoms with E-state index in [1.807, 2.05) is 24.3 Å². The topological polar surface area (TPSA) is 38.2 Å². The fraction of sp³-hybridized carbons (Fsp3) is 0.524. The van der Waals surface area contributed by atoms with Gasteiger partial charge in [-0.15, -0.1) is 0 Å². The van der Waals surface area contributed by atoms with Crippen molar-refractivity contribution < 1.29 is 17.9 Å². The molecule has 0 aliphatic heterocycles. The highest BCUT2D eigenvalue weighted by atomic mass is 19.4. The van der Waals surface area contributed by atoms with E-state index in [1.54, 1.807) is 11.9 Å². The summed E-state index contributed by atoms with van der Waals surface area (Å²) >= 11 is 0. The Morgan fingerprint density at radius 3 is 2.39 bits per heavy atom. The Bertz CT molecular complexity index is 771. The minimum Gasteiger partial charge on any atom is -0.474 e. The van der Waals surface area contributed by atoms with Crippen LogP contribution in [0.25, 0.3) is 0 Å². The highest BCUT2D eigenvalue weighted by Gasteiger charge is 2.37. The average molecular weight is 393 g/mol. The quantitative estimate of drug-likeness (QED) is 0.610. The predicted octanol–water partition coefficient (Wildman–Crippen LogP) is 5.93. The number of aryl methyl sites for hydroxylation is 1. The molecule has 0 amide bonds. The van der Waals surface area contributed by atoms with Gasteiger partial charge < -0.3 is 9.64 Å². The minimum absolute atomic E-state index is 0.182. The zero-order valence-electron chi connectivity index (χ0n) is 16.3.